The van der Waals surface area contributed by atoms with E-state index in [4.69, 9.17) is 5.11 Å². The highest BCUT2D eigenvalue weighted by Gasteiger charge is 2.14. The van der Waals surface area contributed by atoms with Crippen molar-refractivity contribution in [2.75, 3.05) is 5.75 Å². The van der Waals surface area contributed by atoms with Gasteiger partial charge in [0, 0.05) is 16.6 Å². The van der Waals surface area contributed by atoms with Crippen LogP contribution < -0.4 is 0 Å². The molecule has 1 aromatic carbocycles. The lowest BCUT2D eigenvalue weighted by Gasteiger charge is -2.09. The molecule has 0 radical (unpaired) electrons. The highest BCUT2D eigenvalue weighted by Crippen LogP contribution is 2.23. The molecular weight excluding hydrogens is 342 g/mol. The summed E-state index contributed by atoms with van der Waals surface area (Å²) in [4.78, 5) is 10.7. The van der Waals surface area contributed by atoms with Crippen LogP contribution in [0.15, 0.2) is 33.9 Å². The number of aromatic nitrogens is 3. The second-order valence-corrected chi connectivity index (χ2v) is 6.00. The van der Waals surface area contributed by atoms with Crippen LogP contribution in [0.2, 0.25) is 0 Å². The maximum Gasteiger partial charge on any atom is 0.313 e. The Morgan fingerprint density at radius 2 is 2.05 bits per heavy atom. The van der Waals surface area contributed by atoms with E-state index >= 15 is 0 Å². The Morgan fingerprint density at radius 3 is 2.65 bits per heavy atom. The largest absolute Gasteiger partial charge is 0.481 e. The number of hydrogen-bond acceptors (Lipinski definition) is 4. The number of carboxylic acids is 1. The Labute approximate surface area is 129 Å². The molecule has 0 amide bonds. The van der Waals surface area contributed by atoms with E-state index in [1.165, 1.54) is 11.8 Å². The predicted octanol–water partition coefficient (Wildman–Crippen LogP) is 3.16. The minimum atomic E-state index is -0.864. The van der Waals surface area contributed by atoms with Crippen LogP contribution in [-0.2, 0) is 11.2 Å². The monoisotopic (exact) mass is 355 g/mol. The van der Waals surface area contributed by atoms with Gasteiger partial charge in [-0.2, -0.15) is 0 Å². The Hall–Kier alpha value is -1.34. The molecule has 5 nitrogen and oxygen atoms in total. The number of aliphatic carboxylic acids is 1. The van der Waals surface area contributed by atoms with E-state index in [9.17, 15) is 4.79 Å². The molecule has 0 fully saturated rings. The SMILES string of the molecule is CCCc1nnc(SCC(=O)O)n1-c1ccc(Br)cc1. The lowest BCUT2D eigenvalue weighted by atomic mass is 10.3. The van der Waals surface area contributed by atoms with Crippen molar-refractivity contribution in [2.24, 2.45) is 0 Å². The summed E-state index contributed by atoms with van der Waals surface area (Å²) >= 11 is 4.58. The summed E-state index contributed by atoms with van der Waals surface area (Å²) in [5.41, 5.74) is 0.939. The van der Waals surface area contributed by atoms with Gasteiger partial charge in [-0.25, -0.2) is 0 Å². The fraction of sp³-hybridized carbons (Fsp3) is 0.308. The number of hydrogen-bond donors (Lipinski definition) is 1. The maximum atomic E-state index is 10.7. The average molecular weight is 356 g/mol. The molecule has 1 N–H and O–H groups in total. The smallest absolute Gasteiger partial charge is 0.313 e. The van der Waals surface area contributed by atoms with Crippen molar-refractivity contribution in [2.45, 2.75) is 24.9 Å². The maximum absolute atomic E-state index is 10.7. The van der Waals surface area contributed by atoms with Crippen LogP contribution in [0, 0.1) is 0 Å². The fourth-order valence-electron chi connectivity index (χ4n) is 1.76. The van der Waals surface area contributed by atoms with Gasteiger partial charge in [-0.05, 0) is 30.7 Å². The van der Waals surface area contributed by atoms with Crippen molar-refractivity contribution in [3.8, 4) is 5.69 Å². The Morgan fingerprint density at radius 1 is 1.35 bits per heavy atom. The minimum absolute atomic E-state index is 0.0270. The third kappa shape index (κ3) is 3.61. The fourth-order valence-corrected chi connectivity index (χ4v) is 2.71. The van der Waals surface area contributed by atoms with Gasteiger partial charge in [-0.1, -0.05) is 34.6 Å². The predicted molar refractivity (Wildman–Crippen MR) is 81.4 cm³/mol. The van der Waals surface area contributed by atoms with E-state index in [2.05, 4.69) is 33.1 Å². The van der Waals surface area contributed by atoms with Gasteiger partial charge in [0.15, 0.2) is 5.16 Å². The first kappa shape index (κ1) is 15.1. The summed E-state index contributed by atoms with van der Waals surface area (Å²) in [5.74, 6) is -0.0408. The lowest BCUT2D eigenvalue weighted by molar-refractivity contribution is -0.133. The first-order valence-electron chi connectivity index (χ1n) is 6.16. The number of nitrogens with zero attached hydrogens (tertiary/aromatic N) is 3. The van der Waals surface area contributed by atoms with Crippen molar-refractivity contribution in [3.05, 3.63) is 34.6 Å². The van der Waals surface area contributed by atoms with Crippen LogP contribution >= 0.6 is 27.7 Å². The molecule has 1 heterocycles. The van der Waals surface area contributed by atoms with E-state index in [0.29, 0.717) is 5.16 Å². The number of thioether (sulfide) groups is 1. The second kappa shape index (κ2) is 6.90. The van der Waals surface area contributed by atoms with Gasteiger partial charge in [-0.3, -0.25) is 9.36 Å². The van der Waals surface area contributed by atoms with Crippen molar-refractivity contribution < 1.29 is 9.90 Å². The molecule has 2 aromatic rings. The van der Waals surface area contributed by atoms with Gasteiger partial charge >= 0.3 is 5.97 Å². The summed E-state index contributed by atoms with van der Waals surface area (Å²) in [7, 11) is 0. The van der Waals surface area contributed by atoms with Gasteiger partial charge in [0.1, 0.15) is 5.82 Å². The molecule has 1 aromatic heterocycles. The summed E-state index contributed by atoms with van der Waals surface area (Å²) in [6, 6.07) is 7.79. The zero-order chi connectivity index (χ0) is 14.5. The zero-order valence-electron chi connectivity index (χ0n) is 10.9. The third-order valence-electron chi connectivity index (χ3n) is 2.58. The first-order valence-corrected chi connectivity index (χ1v) is 7.94. The molecule has 0 saturated heterocycles. The number of carboxylic acid groups (broad SMARTS) is 1. The molecule has 106 valence electrons. The van der Waals surface area contributed by atoms with Gasteiger partial charge in [0.2, 0.25) is 0 Å². The molecule has 0 spiro atoms. The topological polar surface area (TPSA) is 68.0 Å². The normalized spacial score (nSPS) is 10.7. The molecule has 0 bridgehead atoms. The van der Waals surface area contributed by atoms with Crippen molar-refractivity contribution in [1.82, 2.24) is 14.8 Å². The average Bonchev–Trinajstić information content (AvgIpc) is 2.81. The second-order valence-electron chi connectivity index (χ2n) is 4.14. The Bertz CT molecular complexity index is 598. The summed E-state index contributed by atoms with van der Waals surface area (Å²) < 4.78 is 2.91. The van der Waals surface area contributed by atoms with Crippen molar-refractivity contribution in [3.63, 3.8) is 0 Å². The van der Waals surface area contributed by atoms with E-state index in [1.54, 1.807) is 0 Å². The van der Waals surface area contributed by atoms with Crippen LogP contribution in [0.3, 0.4) is 0 Å². The number of benzene rings is 1. The van der Waals surface area contributed by atoms with E-state index < -0.39 is 5.97 Å². The van der Waals surface area contributed by atoms with Gasteiger partial charge < -0.3 is 5.11 Å². The number of aryl methyl sites for hydroxylation is 1. The van der Waals surface area contributed by atoms with Crippen LogP contribution in [0.5, 0.6) is 0 Å². The molecule has 0 saturated carbocycles. The highest BCUT2D eigenvalue weighted by molar-refractivity contribution is 9.10. The molecule has 0 aliphatic heterocycles. The summed E-state index contributed by atoms with van der Waals surface area (Å²) in [5, 5.41) is 17.7. The van der Waals surface area contributed by atoms with Gasteiger partial charge in [-0.15, -0.1) is 10.2 Å². The summed E-state index contributed by atoms with van der Waals surface area (Å²) in [6.07, 6.45) is 1.76. The molecule has 0 unspecified atom stereocenters. The molecule has 7 heteroatoms. The quantitative estimate of drug-likeness (QED) is 0.806. The van der Waals surface area contributed by atoms with E-state index in [1.807, 2.05) is 28.8 Å². The van der Waals surface area contributed by atoms with Crippen LogP contribution in [0.4, 0.5) is 0 Å². The third-order valence-corrected chi connectivity index (χ3v) is 4.03. The molecule has 0 aliphatic carbocycles. The number of rotatable bonds is 6. The Kier molecular flexibility index (Phi) is 5.19. The molecule has 0 atom stereocenters. The molecule has 20 heavy (non-hydrogen) atoms. The standard InChI is InChI=1S/C13H14BrN3O2S/c1-2-3-11-15-16-13(20-8-12(18)19)17(11)10-6-4-9(14)5-7-10/h4-7H,2-3,8H2,1H3,(H,18,19). The van der Waals surface area contributed by atoms with Gasteiger partial charge in [0.25, 0.3) is 0 Å². The van der Waals surface area contributed by atoms with Gasteiger partial charge in [0.05, 0.1) is 5.75 Å². The first-order chi connectivity index (χ1) is 9.61. The van der Waals surface area contributed by atoms with Crippen molar-refractivity contribution in [1.29, 1.82) is 0 Å². The van der Waals surface area contributed by atoms with Crippen LogP contribution in [-0.4, -0.2) is 31.6 Å². The number of halogens is 1. The summed E-state index contributed by atoms with van der Waals surface area (Å²) in [6.45, 7) is 2.07. The Balaban J connectivity index is 2.38. The molecular formula is C13H14BrN3O2S. The lowest BCUT2D eigenvalue weighted by Crippen LogP contribution is -2.04. The zero-order valence-corrected chi connectivity index (χ0v) is 13.3. The van der Waals surface area contributed by atoms with E-state index in [-0.39, 0.29) is 5.75 Å². The number of carbonyl (C=O) groups is 1. The highest BCUT2D eigenvalue weighted by atomic mass is 79.9. The van der Waals surface area contributed by atoms with Crippen molar-refractivity contribution >= 4 is 33.7 Å². The van der Waals surface area contributed by atoms with Crippen LogP contribution in [0.1, 0.15) is 19.2 Å². The van der Waals surface area contributed by atoms with E-state index in [0.717, 1.165) is 28.8 Å². The van der Waals surface area contributed by atoms with Crippen LogP contribution in [0.25, 0.3) is 5.69 Å². The molecule has 2 rings (SSSR count). The minimum Gasteiger partial charge on any atom is -0.481 e. The molecule has 0 aliphatic rings.